The first-order valence-corrected chi connectivity index (χ1v) is 6.40. The summed E-state index contributed by atoms with van der Waals surface area (Å²) in [7, 11) is 0. The summed E-state index contributed by atoms with van der Waals surface area (Å²) in [5, 5.41) is 6.59. The lowest BCUT2D eigenvalue weighted by molar-refractivity contribution is 0.0946. The van der Waals surface area contributed by atoms with E-state index in [0.29, 0.717) is 11.3 Å². The lowest BCUT2D eigenvalue weighted by Gasteiger charge is -2.05. The fraction of sp³-hybridized carbons (Fsp3) is 0.0769. The molecule has 2 aromatic heterocycles. The van der Waals surface area contributed by atoms with Crippen LogP contribution in [0.15, 0.2) is 36.8 Å². The molecule has 1 N–H and O–H groups in total. The van der Waals surface area contributed by atoms with Crippen LogP contribution in [0.1, 0.15) is 16.1 Å². The Morgan fingerprint density at radius 1 is 1.38 bits per heavy atom. The first kappa shape index (κ1) is 13.4. The molecule has 1 aromatic carbocycles. The van der Waals surface area contributed by atoms with Crippen molar-refractivity contribution in [3.63, 3.8) is 0 Å². The van der Waals surface area contributed by atoms with Gasteiger partial charge in [0.1, 0.15) is 17.8 Å². The van der Waals surface area contributed by atoms with Crippen LogP contribution in [0.2, 0.25) is 5.02 Å². The minimum atomic E-state index is -0.495. The molecule has 0 spiro atoms. The average Bonchev–Trinajstić information content (AvgIpc) is 2.95. The van der Waals surface area contributed by atoms with Crippen LogP contribution in [-0.2, 0) is 6.54 Å². The standard InChI is InChI=1S/C13H9ClFN5O/c14-9-5-8(1-2-10(9)15)6-16-12(21)11-3-4-20-13(19-11)17-7-18-20/h1-5,7H,6H2,(H,16,21). The van der Waals surface area contributed by atoms with Gasteiger partial charge in [-0.3, -0.25) is 4.79 Å². The summed E-state index contributed by atoms with van der Waals surface area (Å²) in [6, 6.07) is 5.81. The molecule has 0 aliphatic heterocycles. The number of hydrogen-bond acceptors (Lipinski definition) is 4. The average molecular weight is 306 g/mol. The molecular weight excluding hydrogens is 297 g/mol. The molecule has 0 atom stereocenters. The third-order valence-corrected chi connectivity index (χ3v) is 3.11. The van der Waals surface area contributed by atoms with Gasteiger partial charge in [-0.25, -0.2) is 13.9 Å². The maximum Gasteiger partial charge on any atom is 0.270 e. The second kappa shape index (κ2) is 5.45. The SMILES string of the molecule is O=C(NCc1ccc(F)c(Cl)c1)c1ccn2ncnc2n1. The third kappa shape index (κ3) is 2.82. The molecule has 0 saturated heterocycles. The molecular formula is C13H9ClFN5O. The van der Waals surface area contributed by atoms with Gasteiger partial charge >= 0.3 is 0 Å². The number of nitrogens with zero attached hydrogens (tertiary/aromatic N) is 4. The highest BCUT2D eigenvalue weighted by Gasteiger charge is 2.09. The highest BCUT2D eigenvalue weighted by atomic mass is 35.5. The Labute approximate surface area is 123 Å². The molecule has 0 saturated carbocycles. The van der Waals surface area contributed by atoms with Crippen molar-refractivity contribution in [1.29, 1.82) is 0 Å². The fourth-order valence-corrected chi connectivity index (χ4v) is 1.97. The third-order valence-electron chi connectivity index (χ3n) is 2.82. The molecule has 21 heavy (non-hydrogen) atoms. The van der Waals surface area contributed by atoms with Crippen molar-refractivity contribution in [2.45, 2.75) is 6.54 Å². The number of nitrogens with one attached hydrogen (secondary N) is 1. The van der Waals surface area contributed by atoms with Gasteiger partial charge in [-0.1, -0.05) is 17.7 Å². The molecule has 2 heterocycles. The topological polar surface area (TPSA) is 72.2 Å². The Morgan fingerprint density at radius 2 is 2.24 bits per heavy atom. The van der Waals surface area contributed by atoms with Crippen LogP contribution < -0.4 is 5.32 Å². The minimum absolute atomic E-state index is 0.0183. The zero-order chi connectivity index (χ0) is 14.8. The first-order valence-electron chi connectivity index (χ1n) is 6.02. The van der Waals surface area contributed by atoms with E-state index in [-0.39, 0.29) is 23.2 Å². The molecule has 0 aliphatic rings. The summed E-state index contributed by atoms with van der Waals surface area (Å²) in [6.07, 6.45) is 2.95. The van der Waals surface area contributed by atoms with Crippen LogP contribution in [0.5, 0.6) is 0 Å². The Bertz CT molecular complexity index is 819. The normalized spacial score (nSPS) is 10.8. The summed E-state index contributed by atoms with van der Waals surface area (Å²) >= 11 is 5.68. The predicted octanol–water partition coefficient (Wildman–Crippen LogP) is 1.85. The predicted molar refractivity (Wildman–Crippen MR) is 73.4 cm³/mol. The summed E-state index contributed by atoms with van der Waals surface area (Å²) in [5.41, 5.74) is 0.919. The van der Waals surface area contributed by atoms with E-state index in [1.54, 1.807) is 12.3 Å². The fourth-order valence-electron chi connectivity index (χ4n) is 1.76. The van der Waals surface area contributed by atoms with E-state index in [4.69, 9.17) is 11.6 Å². The molecule has 106 valence electrons. The molecule has 0 fully saturated rings. The highest BCUT2D eigenvalue weighted by Crippen LogP contribution is 2.15. The van der Waals surface area contributed by atoms with Crippen LogP contribution in [0.25, 0.3) is 5.78 Å². The minimum Gasteiger partial charge on any atom is -0.347 e. The van der Waals surface area contributed by atoms with Crippen molar-refractivity contribution < 1.29 is 9.18 Å². The first-order chi connectivity index (χ1) is 10.1. The monoisotopic (exact) mass is 305 g/mol. The lowest BCUT2D eigenvalue weighted by atomic mass is 10.2. The summed E-state index contributed by atoms with van der Waals surface area (Å²) in [5.74, 6) is -0.515. The van der Waals surface area contributed by atoms with E-state index in [2.05, 4.69) is 20.4 Å². The molecule has 0 bridgehead atoms. The number of amides is 1. The number of fused-ring (bicyclic) bond motifs is 1. The molecule has 6 nitrogen and oxygen atoms in total. The number of rotatable bonds is 3. The number of carbonyl (C=O) groups is 1. The van der Waals surface area contributed by atoms with Crippen molar-refractivity contribution in [2.75, 3.05) is 0 Å². The van der Waals surface area contributed by atoms with Gasteiger partial charge in [0.05, 0.1) is 5.02 Å². The van der Waals surface area contributed by atoms with Crippen molar-refractivity contribution in [3.8, 4) is 0 Å². The van der Waals surface area contributed by atoms with E-state index >= 15 is 0 Å². The number of halogens is 2. The molecule has 0 radical (unpaired) electrons. The Balaban J connectivity index is 1.72. The maximum absolute atomic E-state index is 13.0. The van der Waals surface area contributed by atoms with Gasteiger partial charge < -0.3 is 5.32 Å². The molecule has 1 amide bonds. The molecule has 8 heteroatoms. The van der Waals surface area contributed by atoms with E-state index in [9.17, 15) is 9.18 Å². The number of aromatic nitrogens is 4. The van der Waals surface area contributed by atoms with Gasteiger partial charge in [0.15, 0.2) is 0 Å². The van der Waals surface area contributed by atoms with Crippen molar-refractivity contribution in [3.05, 3.63) is 58.9 Å². The number of carbonyl (C=O) groups excluding carboxylic acids is 1. The van der Waals surface area contributed by atoms with Crippen LogP contribution in [0.4, 0.5) is 4.39 Å². The Morgan fingerprint density at radius 3 is 3.05 bits per heavy atom. The van der Waals surface area contributed by atoms with Gasteiger partial charge in [-0.2, -0.15) is 10.1 Å². The van der Waals surface area contributed by atoms with Crippen LogP contribution >= 0.6 is 11.6 Å². The molecule has 0 aliphatic carbocycles. The second-order valence-electron chi connectivity index (χ2n) is 4.25. The lowest BCUT2D eigenvalue weighted by Crippen LogP contribution is -2.24. The van der Waals surface area contributed by atoms with E-state index in [1.807, 2.05) is 0 Å². The Kier molecular flexibility index (Phi) is 3.49. The highest BCUT2D eigenvalue weighted by molar-refractivity contribution is 6.30. The smallest absolute Gasteiger partial charge is 0.270 e. The van der Waals surface area contributed by atoms with Gasteiger partial charge in [0, 0.05) is 12.7 Å². The zero-order valence-electron chi connectivity index (χ0n) is 10.6. The van der Waals surface area contributed by atoms with Crippen LogP contribution in [-0.4, -0.2) is 25.5 Å². The Hall–Kier alpha value is -2.54. The molecule has 3 aromatic rings. The molecule has 0 unspecified atom stereocenters. The van der Waals surface area contributed by atoms with Gasteiger partial charge in [0.25, 0.3) is 11.7 Å². The van der Waals surface area contributed by atoms with Crippen molar-refractivity contribution >= 4 is 23.3 Å². The van der Waals surface area contributed by atoms with E-state index < -0.39 is 5.82 Å². The summed E-state index contributed by atoms with van der Waals surface area (Å²) < 4.78 is 14.5. The van der Waals surface area contributed by atoms with E-state index in [0.717, 1.165) is 0 Å². The van der Waals surface area contributed by atoms with Crippen LogP contribution in [0, 0.1) is 5.82 Å². The quantitative estimate of drug-likeness (QED) is 0.801. The van der Waals surface area contributed by atoms with Crippen molar-refractivity contribution in [2.24, 2.45) is 0 Å². The zero-order valence-corrected chi connectivity index (χ0v) is 11.4. The number of hydrogen-bond donors (Lipinski definition) is 1. The summed E-state index contributed by atoms with van der Waals surface area (Å²) in [6.45, 7) is 0.221. The molecule has 3 rings (SSSR count). The maximum atomic E-state index is 13.0. The van der Waals surface area contributed by atoms with Crippen molar-refractivity contribution in [1.82, 2.24) is 24.9 Å². The van der Waals surface area contributed by atoms with Gasteiger partial charge in [-0.15, -0.1) is 0 Å². The number of benzene rings is 1. The van der Waals surface area contributed by atoms with E-state index in [1.165, 1.54) is 29.0 Å². The van der Waals surface area contributed by atoms with Gasteiger partial charge in [0.2, 0.25) is 0 Å². The van der Waals surface area contributed by atoms with Crippen LogP contribution in [0.3, 0.4) is 0 Å². The largest absolute Gasteiger partial charge is 0.347 e. The second-order valence-corrected chi connectivity index (χ2v) is 4.66. The van der Waals surface area contributed by atoms with Gasteiger partial charge in [-0.05, 0) is 23.8 Å². The summed E-state index contributed by atoms with van der Waals surface area (Å²) in [4.78, 5) is 20.0.